The zero-order valence-electron chi connectivity index (χ0n) is 10.7. The Balaban J connectivity index is 3.09. The van der Waals surface area contributed by atoms with Gasteiger partial charge < -0.3 is 9.64 Å². The van der Waals surface area contributed by atoms with E-state index in [0.29, 0.717) is 17.3 Å². The highest BCUT2D eigenvalue weighted by Gasteiger charge is 2.32. The molecule has 1 aromatic rings. The molecule has 0 saturated carbocycles. The number of ether oxygens (including phenoxy) is 1. The minimum atomic E-state index is -0.852. The van der Waals surface area contributed by atoms with Crippen LogP contribution in [0.4, 0.5) is 5.69 Å². The Morgan fingerprint density at radius 3 is 2.47 bits per heavy atom. The Bertz CT molecular complexity index is 404. The van der Waals surface area contributed by atoms with Crippen molar-refractivity contribution in [2.45, 2.75) is 26.4 Å². The molecule has 0 atom stereocenters. The maximum absolute atomic E-state index is 12.3. The first kappa shape index (κ1) is 14.0. The fourth-order valence-corrected chi connectivity index (χ4v) is 1.74. The molecule has 0 fully saturated rings. The lowest BCUT2D eigenvalue weighted by Crippen LogP contribution is -2.46. The standard InChI is InChI=1S/C13H18ClNO2/c1-5-15(12(16)13(2,3)17-4)11-9-7-6-8-10(11)14/h6-9H,5H2,1-4H3. The van der Waals surface area contributed by atoms with Crippen LogP contribution in [0.15, 0.2) is 24.3 Å². The maximum Gasteiger partial charge on any atom is 0.258 e. The Morgan fingerprint density at radius 1 is 1.41 bits per heavy atom. The molecule has 0 aliphatic rings. The Hall–Kier alpha value is -1.06. The predicted octanol–water partition coefficient (Wildman–Crippen LogP) is 3.12. The molecule has 4 heteroatoms. The highest BCUT2D eigenvalue weighted by atomic mass is 35.5. The van der Waals surface area contributed by atoms with Gasteiger partial charge in [0.2, 0.25) is 0 Å². The summed E-state index contributed by atoms with van der Waals surface area (Å²) in [7, 11) is 1.53. The number of hydrogen-bond acceptors (Lipinski definition) is 2. The summed E-state index contributed by atoms with van der Waals surface area (Å²) in [4.78, 5) is 14.0. The third kappa shape index (κ3) is 2.99. The van der Waals surface area contributed by atoms with E-state index >= 15 is 0 Å². The van der Waals surface area contributed by atoms with Gasteiger partial charge in [-0.3, -0.25) is 4.79 Å². The first-order valence-electron chi connectivity index (χ1n) is 5.55. The number of halogens is 1. The lowest BCUT2D eigenvalue weighted by atomic mass is 10.1. The zero-order valence-corrected chi connectivity index (χ0v) is 11.4. The first-order valence-corrected chi connectivity index (χ1v) is 5.93. The molecule has 1 amide bonds. The van der Waals surface area contributed by atoms with E-state index < -0.39 is 5.60 Å². The van der Waals surface area contributed by atoms with Crippen molar-refractivity contribution in [2.75, 3.05) is 18.6 Å². The van der Waals surface area contributed by atoms with Crippen LogP contribution in [0.2, 0.25) is 5.02 Å². The number of benzene rings is 1. The molecule has 94 valence electrons. The van der Waals surface area contributed by atoms with Crippen molar-refractivity contribution in [3.05, 3.63) is 29.3 Å². The molecule has 0 bridgehead atoms. The summed E-state index contributed by atoms with van der Waals surface area (Å²) in [5.41, 5.74) is -0.137. The van der Waals surface area contributed by atoms with Crippen LogP contribution < -0.4 is 4.90 Å². The maximum atomic E-state index is 12.3. The van der Waals surface area contributed by atoms with Gasteiger partial charge in [-0.25, -0.2) is 0 Å². The van der Waals surface area contributed by atoms with Gasteiger partial charge in [0.25, 0.3) is 5.91 Å². The minimum absolute atomic E-state index is 0.101. The van der Waals surface area contributed by atoms with Gasteiger partial charge in [0.15, 0.2) is 0 Å². The van der Waals surface area contributed by atoms with Crippen molar-refractivity contribution in [3.8, 4) is 0 Å². The second-order valence-corrected chi connectivity index (χ2v) is 4.62. The van der Waals surface area contributed by atoms with Crippen molar-refractivity contribution >= 4 is 23.2 Å². The van der Waals surface area contributed by atoms with Crippen LogP contribution in [0, 0.1) is 0 Å². The Labute approximate surface area is 107 Å². The van der Waals surface area contributed by atoms with E-state index in [2.05, 4.69) is 0 Å². The normalized spacial score (nSPS) is 11.4. The summed E-state index contributed by atoms with van der Waals surface area (Å²) in [6, 6.07) is 7.30. The van der Waals surface area contributed by atoms with Gasteiger partial charge in [-0.15, -0.1) is 0 Å². The molecule has 1 rings (SSSR count). The highest BCUT2D eigenvalue weighted by molar-refractivity contribution is 6.33. The fourth-order valence-electron chi connectivity index (χ4n) is 1.51. The average molecular weight is 256 g/mol. The van der Waals surface area contributed by atoms with Crippen LogP contribution in [0.25, 0.3) is 0 Å². The second kappa shape index (κ2) is 5.52. The van der Waals surface area contributed by atoms with Crippen LogP contribution >= 0.6 is 11.6 Å². The molecule has 0 aliphatic heterocycles. The van der Waals surface area contributed by atoms with Gasteiger partial charge in [0.05, 0.1) is 10.7 Å². The summed E-state index contributed by atoms with van der Waals surface area (Å²) in [6.07, 6.45) is 0. The second-order valence-electron chi connectivity index (χ2n) is 4.22. The molecule has 0 unspecified atom stereocenters. The smallest absolute Gasteiger partial charge is 0.258 e. The molecule has 0 aliphatic carbocycles. The summed E-state index contributed by atoms with van der Waals surface area (Å²) < 4.78 is 5.21. The number of carbonyl (C=O) groups excluding carboxylic acids is 1. The monoisotopic (exact) mass is 255 g/mol. The van der Waals surface area contributed by atoms with E-state index in [1.165, 1.54) is 7.11 Å². The predicted molar refractivity (Wildman–Crippen MR) is 70.6 cm³/mol. The molecule has 3 nitrogen and oxygen atoms in total. The lowest BCUT2D eigenvalue weighted by Gasteiger charge is -2.30. The number of anilines is 1. The highest BCUT2D eigenvalue weighted by Crippen LogP contribution is 2.27. The fraction of sp³-hybridized carbons (Fsp3) is 0.462. The molecule has 0 heterocycles. The molecule has 17 heavy (non-hydrogen) atoms. The molecular formula is C13H18ClNO2. The van der Waals surface area contributed by atoms with Gasteiger partial charge in [-0.1, -0.05) is 23.7 Å². The summed E-state index contributed by atoms with van der Waals surface area (Å²) in [6.45, 7) is 5.95. The Kier molecular flexibility index (Phi) is 4.54. The number of nitrogens with zero attached hydrogens (tertiary/aromatic N) is 1. The zero-order chi connectivity index (χ0) is 13.1. The molecular weight excluding hydrogens is 238 g/mol. The van der Waals surface area contributed by atoms with Crippen LogP contribution in [0.1, 0.15) is 20.8 Å². The van der Waals surface area contributed by atoms with Crippen molar-refractivity contribution in [3.63, 3.8) is 0 Å². The van der Waals surface area contributed by atoms with Crippen molar-refractivity contribution in [1.29, 1.82) is 0 Å². The Morgan fingerprint density at radius 2 is 2.00 bits per heavy atom. The average Bonchev–Trinajstić information content (AvgIpc) is 2.32. The van der Waals surface area contributed by atoms with E-state index in [9.17, 15) is 4.79 Å². The topological polar surface area (TPSA) is 29.5 Å². The molecule has 0 radical (unpaired) electrons. The minimum Gasteiger partial charge on any atom is -0.369 e. The largest absolute Gasteiger partial charge is 0.369 e. The third-order valence-corrected chi connectivity index (χ3v) is 3.05. The van der Waals surface area contributed by atoms with Crippen molar-refractivity contribution in [2.24, 2.45) is 0 Å². The van der Waals surface area contributed by atoms with Crippen molar-refractivity contribution < 1.29 is 9.53 Å². The van der Waals surface area contributed by atoms with Crippen LogP contribution in [-0.4, -0.2) is 25.2 Å². The lowest BCUT2D eigenvalue weighted by molar-refractivity contribution is -0.136. The molecule has 0 saturated heterocycles. The number of carbonyl (C=O) groups is 1. The number of hydrogen-bond donors (Lipinski definition) is 0. The van der Waals surface area contributed by atoms with E-state index in [4.69, 9.17) is 16.3 Å². The molecule has 0 N–H and O–H groups in total. The van der Waals surface area contributed by atoms with Gasteiger partial charge in [0.1, 0.15) is 5.60 Å². The van der Waals surface area contributed by atoms with Gasteiger partial charge in [-0.2, -0.15) is 0 Å². The summed E-state index contributed by atoms with van der Waals surface area (Å²) >= 11 is 6.10. The van der Waals surface area contributed by atoms with Gasteiger partial charge in [0, 0.05) is 13.7 Å². The van der Waals surface area contributed by atoms with E-state index in [1.54, 1.807) is 24.8 Å². The SMILES string of the molecule is CCN(C(=O)C(C)(C)OC)c1ccccc1Cl. The van der Waals surface area contributed by atoms with E-state index in [0.717, 1.165) is 0 Å². The number of rotatable bonds is 4. The van der Waals surface area contributed by atoms with Crippen molar-refractivity contribution in [1.82, 2.24) is 0 Å². The third-order valence-electron chi connectivity index (χ3n) is 2.73. The van der Waals surface area contributed by atoms with Gasteiger partial charge in [-0.05, 0) is 32.9 Å². The van der Waals surface area contributed by atoms with Crippen LogP contribution in [-0.2, 0) is 9.53 Å². The van der Waals surface area contributed by atoms with Gasteiger partial charge >= 0.3 is 0 Å². The number of para-hydroxylation sites is 1. The molecule has 0 spiro atoms. The quantitative estimate of drug-likeness (QED) is 0.827. The number of likely N-dealkylation sites (N-methyl/N-ethyl adjacent to an activating group) is 1. The number of amides is 1. The summed E-state index contributed by atoms with van der Waals surface area (Å²) in [5.74, 6) is -0.101. The first-order chi connectivity index (χ1) is 7.94. The van der Waals surface area contributed by atoms with E-state index in [-0.39, 0.29) is 5.91 Å². The molecule has 1 aromatic carbocycles. The summed E-state index contributed by atoms with van der Waals surface area (Å²) in [5, 5.41) is 0.564. The van der Waals surface area contributed by atoms with Crippen LogP contribution in [0.5, 0.6) is 0 Å². The van der Waals surface area contributed by atoms with Crippen LogP contribution in [0.3, 0.4) is 0 Å². The molecule has 0 aromatic heterocycles. The van der Waals surface area contributed by atoms with E-state index in [1.807, 2.05) is 25.1 Å². The number of methoxy groups -OCH3 is 1.